The zero-order valence-electron chi connectivity index (χ0n) is 9.66. The third-order valence-corrected chi connectivity index (χ3v) is 4.26. The standard InChI is InChI=1S/C11H18BrN3S/c1-3-9(5-11(13)14)15(2)6-10-4-8(12)7-16-10/h4,7,9H,3,5-6H2,1-2H3,(H3,13,14). The van der Waals surface area contributed by atoms with E-state index < -0.39 is 0 Å². The van der Waals surface area contributed by atoms with Gasteiger partial charge in [-0.15, -0.1) is 11.3 Å². The summed E-state index contributed by atoms with van der Waals surface area (Å²) in [5.74, 6) is 0.270. The molecule has 3 nitrogen and oxygen atoms in total. The summed E-state index contributed by atoms with van der Waals surface area (Å²) in [6.45, 7) is 3.05. The summed E-state index contributed by atoms with van der Waals surface area (Å²) >= 11 is 5.21. The molecule has 0 aliphatic carbocycles. The molecule has 0 saturated heterocycles. The molecule has 1 rings (SSSR count). The van der Waals surface area contributed by atoms with E-state index in [1.54, 1.807) is 11.3 Å². The second-order valence-corrected chi connectivity index (χ2v) is 5.85. The van der Waals surface area contributed by atoms with Crippen LogP contribution in [0.25, 0.3) is 0 Å². The first kappa shape index (κ1) is 13.7. The van der Waals surface area contributed by atoms with Crippen LogP contribution in [0.1, 0.15) is 24.6 Å². The van der Waals surface area contributed by atoms with Crippen molar-refractivity contribution in [3.8, 4) is 0 Å². The van der Waals surface area contributed by atoms with Crippen molar-refractivity contribution in [2.75, 3.05) is 7.05 Å². The maximum atomic E-state index is 7.35. The molecule has 1 aromatic heterocycles. The average molecular weight is 304 g/mol. The summed E-state index contributed by atoms with van der Waals surface area (Å²) in [5.41, 5.74) is 5.46. The molecule has 90 valence electrons. The van der Waals surface area contributed by atoms with E-state index in [0.29, 0.717) is 12.5 Å². The molecular weight excluding hydrogens is 286 g/mol. The Labute approximate surface area is 109 Å². The SMILES string of the molecule is CCC(CC(=N)N)N(C)Cc1cc(Br)cs1. The third-order valence-electron chi connectivity index (χ3n) is 2.58. The first-order chi connectivity index (χ1) is 7.52. The summed E-state index contributed by atoms with van der Waals surface area (Å²) in [6, 6.07) is 2.50. The van der Waals surface area contributed by atoms with Crippen molar-refractivity contribution in [3.05, 3.63) is 20.8 Å². The Kier molecular flexibility index (Phi) is 5.44. The number of hydrogen-bond acceptors (Lipinski definition) is 3. The van der Waals surface area contributed by atoms with Crippen LogP contribution in [0.4, 0.5) is 0 Å². The van der Waals surface area contributed by atoms with E-state index in [4.69, 9.17) is 11.1 Å². The predicted octanol–water partition coefficient (Wildman–Crippen LogP) is 3.05. The molecule has 5 heteroatoms. The molecule has 0 saturated carbocycles. The first-order valence-electron chi connectivity index (χ1n) is 5.29. The number of amidine groups is 1. The van der Waals surface area contributed by atoms with Gasteiger partial charge in [0.2, 0.25) is 0 Å². The van der Waals surface area contributed by atoms with Gasteiger partial charge in [0.1, 0.15) is 0 Å². The van der Waals surface area contributed by atoms with Crippen LogP contribution in [0.15, 0.2) is 15.9 Å². The smallest absolute Gasteiger partial charge is 0.0921 e. The molecule has 0 aliphatic heterocycles. The fraction of sp³-hybridized carbons (Fsp3) is 0.545. The molecule has 0 fully saturated rings. The van der Waals surface area contributed by atoms with Crippen molar-refractivity contribution in [1.29, 1.82) is 5.41 Å². The Morgan fingerprint density at radius 3 is 2.81 bits per heavy atom. The molecule has 1 heterocycles. The summed E-state index contributed by atoms with van der Waals surface area (Å²) in [6.07, 6.45) is 1.67. The van der Waals surface area contributed by atoms with E-state index >= 15 is 0 Å². The maximum absolute atomic E-state index is 7.35. The maximum Gasteiger partial charge on any atom is 0.0921 e. The highest BCUT2D eigenvalue weighted by Gasteiger charge is 2.14. The lowest BCUT2D eigenvalue weighted by Crippen LogP contribution is -2.34. The number of halogens is 1. The largest absolute Gasteiger partial charge is 0.388 e. The van der Waals surface area contributed by atoms with E-state index in [1.807, 2.05) is 0 Å². The molecule has 1 aromatic rings. The monoisotopic (exact) mass is 303 g/mol. The van der Waals surface area contributed by atoms with Crippen molar-refractivity contribution in [1.82, 2.24) is 4.90 Å². The lowest BCUT2D eigenvalue weighted by atomic mass is 10.1. The summed E-state index contributed by atoms with van der Waals surface area (Å²) in [5, 5.41) is 9.44. The zero-order valence-corrected chi connectivity index (χ0v) is 12.1. The highest BCUT2D eigenvalue weighted by atomic mass is 79.9. The lowest BCUT2D eigenvalue weighted by molar-refractivity contribution is 0.234. The van der Waals surface area contributed by atoms with Crippen LogP contribution in [-0.2, 0) is 6.54 Å². The normalized spacial score (nSPS) is 13.0. The van der Waals surface area contributed by atoms with Crippen LogP contribution >= 0.6 is 27.3 Å². The molecule has 0 amide bonds. The van der Waals surface area contributed by atoms with Crippen molar-refractivity contribution in [2.24, 2.45) is 5.73 Å². The van der Waals surface area contributed by atoms with Crippen molar-refractivity contribution >= 4 is 33.1 Å². The number of thiophene rings is 1. The van der Waals surface area contributed by atoms with Gasteiger partial charge in [0.15, 0.2) is 0 Å². The van der Waals surface area contributed by atoms with Crippen LogP contribution < -0.4 is 5.73 Å². The lowest BCUT2D eigenvalue weighted by Gasteiger charge is -2.26. The molecular formula is C11H18BrN3S. The first-order valence-corrected chi connectivity index (χ1v) is 6.96. The van der Waals surface area contributed by atoms with E-state index in [9.17, 15) is 0 Å². The summed E-state index contributed by atoms with van der Waals surface area (Å²) < 4.78 is 1.14. The fourth-order valence-electron chi connectivity index (χ4n) is 1.68. The second kappa shape index (κ2) is 6.37. The number of hydrogen-bond donors (Lipinski definition) is 2. The van der Waals surface area contributed by atoms with Gasteiger partial charge >= 0.3 is 0 Å². The third kappa shape index (κ3) is 4.23. The number of nitrogens with one attached hydrogen (secondary N) is 1. The number of nitrogens with two attached hydrogens (primary N) is 1. The van der Waals surface area contributed by atoms with Crippen molar-refractivity contribution < 1.29 is 0 Å². The Morgan fingerprint density at radius 2 is 2.38 bits per heavy atom. The molecule has 0 spiro atoms. The second-order valence-electron chi connectivity index (χ2n) is 3.94. The molecule has 1 unspecified atom stereocenters. The van der Waals surface area contributed by atoms with Crippen LogP contribution in [0, 0.1) is 5.41 Å². The van der Waals surface area contributed by atoms with E-state index in [-0.39, 0.29) is 5.84 Å². The minimum atomic E-state index is 0.270. The Bertz CT molecular complexity index is 351. The van der Waals surface area contributed by atoms with Gasteiger partial charge < -0.3 is 5.73 Å². The van der Waals surface area contributed by atoms with Gasteiger partial charge in [-0.1, -0.05) is 6.92 Å². The molecule has 0 aliphatic rings. The van der Waals surface area contributed by atoms with E-state index in [2.05, 4.69) is 46.2 Å². The van der Waals surface area contributed by atoms with Crippen molar-refractivity contribution in [3.63, 3.8) is 0 Å². The highest BCUT2D eigenvalue weighted by molar-refractivity contribution is 9.10. The van der Waals surface area contributed by atoms with Gasteiger partial charge in [-0.05, 0) is 35.5 Å². The van der Waals surface area contributed by atoms with Gasteiger partial charge in [-0.3, -0.25) is 10.3 Å². The van der Waals surface area contributed by atoms with Gasteiger partial charge in [-0.2, -0.15) is 0 Å². The summed E-state index contributed by atoms with van der Waals surface area (Å²) in [7, 11) is 2.09. The van der Waals surface area contributed by atoms with Crippen LogP contribution in [0.3, 0.4) is 0 Å². The van der Waals surface area contributed by atoms with Gasteiger partial charge in [0, 0.05) is 33.7 Å². The molecule has 3 N–H and O–H groups in total. The number of rotatable bonds is 6. The molecule has 0 bridgehead atoms. The van der Waals surface area contributed by atoms with E-state index in [1.165, 1.54) is 4.88 Å². The van der Waals surface area contributed by atoms with E-state index in [0.717, 1.165) is 17.4 Å². The van der Waals surface area contributed by atoms with Crippen LogP contribution in [0.5, 0.6) is 0 Å². The quantitative estimate of drug-likeness (QED) is 0.627. The fourth-order valence-corrected chi connectivity index (χ4v) is 3.19. The van der Waals surface area contributed by atoms with Gasteiger partial charge in [0.25, 0.3) is 0 Å². The minimum absolute atomic E-state index is 0.270. The molecule has 16 heavy (non-hydrogen) atoms. The van der Waals surface area contributed by atoms with Crippen LogP contribution in [-0.4, -0.2) is 23.8 Å². The van der Waals surface area contributed by atoms with Crippen molar-refractivity contribution in [2.45, 2.75) is 32.4 Å². The molecule has 1 atom stereocenters. The minimum Gasteiger partial charge on any atom is -0.388 e. The Morgan fingerprint density at radius 1 is 1.69 bits per heavy atom. The Hall–Kier alpha value is -0.390. The Balaban J connectivity index is 2.55. The summed E-state index contributed by atoms with van der Waals surface area (Å²) in [4.78, 5) is 3.59. The van der Waals surface area contributed by atoms with Crippen LogP contribution in [0.2, 0.25) is 0 Å². The molecule has 0 aromatic carbocycles. The topological polar surface area (TPSA) is 53.1 Å². The molecule has 0 radical (unpaired) electrons. The van der Waals surface area contributed by atoms with Gasteiger partial charge in [0.05, 0.1) is 5.84 Å². The predicted molar refractivity (Wildman–Crippen MR) is 74.1 cm³/mol. The zero-order chi connectivity index (χ0) is 12.1. The highest BCUT2D eigenvalue weighted by Crippen LogP contribution is 2.22. The number of nitrogens with zero attached hydrogens (tertiary/aromatic N) is 1. The average Bonchev–Trinajstić information content (AvgIpc) is 2.60. The van der Waals surface area contributed by atoms with Gasteiger partial charge in [-0.25, -0.2) is 0 Å².